The molecule has 0 saturated carbocycles. The second-order valence-electron chi connectivity index (χ2n) is 3.35. The number of nitrogens with zero attached hydrogens (tertiary/aromatic N) is 1. The van der Waals surface area contributed by atoms with Crippen LogP contribution in [0.4, 0.5) is 5.13 Å². The Morgan fingerprint density at radius 1 is 1.69 bits per heavy atom. The van der Waals surface area contributed by atoms with E-state index >= 15 is 0 Å². The Morgan fingerprint density at radius 3 is 2.92 bits per heavy atom. The van der Waals surface area contributed by atoms with Crippen LogP contribution in [0.1, 0.15) is 26.7 Å². The van der Waals surface area contributed by atoms with Crippen molar-refractivity contribution >= 4 is 16.5 Å². The van der Waals surface area contributed by atoms with Gasteiger partial charge in [0.1, 0.15) is 0 Å². The van der Waals surface area contributed by atoms with Crippen LogP contribution in [0.15, 0.2) is 11.6 Å². The van der Waals surface area contributed by atoms with E-state index in [0.717, 1.165) is 18.0 Å². The topological polar surface area (TPSA) is 45.1 Å². The molecule has 0 aliphatic carbocycles. The minimum absolute atomic E-state index is 0.0351. The van der Waals surface area contributed by atoms with Gasteiger partial charge in [0.05, 0.1) is 0 Å². The van der Waals surface area contributed by atoms with Crippen molar-refractivity contribution in [2.24, 2.45) is 0 Å². The SMILES string of the molecule is CCC(C)(CCO)Nc1nccs1. The highest BCUT2D eigenvalue weighted by Crippen LogP contribution is 2.22. The predicted octanol–water partition coefficient (Wildman–Crippen LogP) is 2.11. The molecule has 1 rings (SSSR count). The van der Waals surface area contributed by atoms with E-state index in [1.165, 1.54) is 0 Å². The Bertz CT molecular complexity index is 238. The lowest BCUT2D eigenvalue weighted by Crippen LogP contribution is -2.34. The summed E-state index contributed by atoms with van der Waals surface area (Å²) < 4.78 is 0. The molecular formula is C9H16N2OS. The minimum atomic E-state index is -0.0351. The van der Waals surface area contributed by atoms with Crippen LogP contribution in [0.3, 0.4) is 0 Å². The fourth-order valence-corrected chi connectivity index (χ4v) is 1.80. The minimum Gasteiger partial charge on any atom is -0.396 e. The maximum atomic E-state index is 8.90. The molecule has 1 atom stereocenters. The second-order valence-corrected chi connectivity index (χ2v) is 4.24. The predicted molar refractivity (Wildman–Crippen MR) is 56.1 cm³/mol. The van der Waals surface area contributed by atoms with Gasteiger partial charge in [-0.2, -0.15) is 0 Å². The zero-order chi connectivity index (χ0) is 9.73. The highest BCUT2D eigenvalue weighted by atomic mass is 32.1. The van der Waals surface area contributed by atoms with E-state index in [1.54, 1.807) is 17.5 Å². The van der Waals surface area contributed by atoms with E-state index in [4.69, 9.17) is 5.11 Å². The Labute approximate surface area is 82.8 Å². The first-order valence-electron chi connectivity index (χ1n) is 4.49. The molecule has 0 aromatic carbocycles. The zero-order valence-corrected chi connectivity index (χ0v) is 8.90. The van der Waals surface area contributed by atoms with Gasteiger partial charge in [0.2, 0.25) is 0 Å². The monoisotopic (exact) mass is 200 g/mol. The summed E-state index contributed by atoms with van der Waals surface area (Å²) in [5.74, 6) is 0. The second kappa shape index (κ2) is 4.58. The highest BCUT2D eigenvalue weighted by molar-refractivity contribution is 7.13. The van der Waals surface area contributed by atoms with E-state index < -0.39 is 0 Å². The smallest absolute Gasteiger partial charge is 0.183 e. The van der Waals surface area contributed by atoms with Crippen molar-refractivity contribution in [3.8, 4) is 0 Å². The third-order valence-electron chi connectivity index (χ3n) is 2.28. The van der Waals surface area contributed by atoms with Gasteiger partial charge in [0.25, 0.3) is 0 Å². The van der Waals surface area contributed by atoms with Crippen LogP contribution in [-0.4, -0.2) is 22.2 Å². The standard InChI is InChI=1S/C9H16N2OS/c1-3-9(2,4-6-12)11-8-10-5-7-13-8/h5,7,12H,3-4,6H2,1-2H3,(H,10,11). The number of thiazole rings is 1. The molecular weight excluding hydrogens is 184 g/mol. The first-order chi connectivity index (χ1) is 6.20. The number of hydrogen-bond donors (Lipinski definition) is 2. The molecule has 0 saturated heterocycles. The number of rotatable bonds is 5. The van der Waals surface area contributed by atoms with Crippen LogP contribution in [0.2, 0.25) is 0 Å². The van der Waals surface area contributed by atoms with Crippen LogP contribution in [0.25, 0.3) is 0 Å². The molecule has 0 fully saturated rings. The number of anilines is 1. The van der Waals surface area contributed by atoms with Gasteiger partial charge in [-0.15, -0.1) is 11.3 Å². The number of aromatic nitrogens is 1. The van der Waals surface area contributed by atoms with E-state index in [2.05, 4.69) is 24.1 Å². The quantitative estimate of drug-likeness (QED) is 0.765. The normalized spacial score (nSPS) is 15.3. The first-order valence-corrected chi connectivity index (χ1v) is 5.37. The summed E-state index contributed by atoms with van der Waals surface area (Å²) in [7, 11) is 0. The average Bonchev–Trinajstić information content (AvgIpc) is 2.57. The van der Waals surface area contributed by atoms with Gasteiger partial charge in [0.15, 0.2) is 5.13 Å². The van der Waals surface area contributed by atoms with E-state index in [1.807, 2.05) is 5.38 Å². The van der Waals surface area contributed by atoms with Crippen molar-refractivity contribution in [1.82, 2.24) is 4.98 Å². The Hall–Kier alpha value is -0.610. The van der Waals surface area contributed by atoms with E-state index in [-0.39, 0.29) is 12.1 Å². The van der Waals surface area contributed by atoms with Crippen molar-refractivity contribution in [2.45, 2.75) is 32.2 Å². The summed E-state index contributed by atoms with van der Waals surface area (Å²) in [4.78, 5) is 4.16. The van der Waals surface area contributed by atoms with Crippen LogP contribution < -0.4 is 5.32 Å². The maximum Gasteiger partial charge on any atom is 0.183 e. The lowest BCUT2D eigenvalue weighted by atomic mass is 9.95. The molecule has 0 aliphatic rings. The van der Waals surface area contributed by atoms with Gasteiger partial charge in [-0.25, -0.2) is 4.98 Å². The zero-order valence-electron chi connectivity index (χ0n) is 8.08. The summed E-state index contributed by atoms with van der Waals surface area (Å²) >= 11 is 1.59. The fourth-order valence-electron chi connectivity index (χ4n) is 1.12. The molecule has 13 heavy (non-hydrogen) atoms. The number of hydrogen-bond acceptors (Lipinski definition) is 4. The molecule has 0 amide bonds. The first kappa shape index (κ1) is 10.5. The van der Waals surface area contributed by atoms with Crippen LogP contribution in [0, 0.1) is 0 Å². The Morgan fingerprint density at radius 2 is 2.46 bits per heavy atom. The van der Waals surface area contributed by atoms with Crippen molar-refractivity contribution in [3.05, 3.63) is 11.6 Å². The van der Waals surface area contributed by atoms with E-state index in [9.17, 15) is 0 Å². The summed E-state index contributed by atoms with van der Waals surface area (Å²) in [5, 5.41) is 15.1. The lowest BCUT2D eigenvalue weighted by molar-refractivity contribution is 0.252. The number of aliphatic hydroxyl groups excluding tert-OH is 1. The molecule has 74 valence electrons. The fraction of sp³-hybridized carbons (Fsp3) is 0.667. The number of aliphatic hydroxyl groups is 1. The molecule has 0 spiro atoms. The van der Waals surface area contributed by atoms with Crippen molar-refractivity contribution < 1.29 is 5.11 Å². The Balaban J connectivity index is 2.58. The maximum absolute atomic E-state index is 8.90. The van der Waals surface area contributed by atoms with Gasteiger partial charge in [-0.1, -0.05) is 6.92 Å². The molecule has 1 aromatic heterocycles. The third kappa shape index (κ3) is 2.97. The summed E-state index contributed by atoms with van der Waals surface area (Å²) in [6.07, 6.45) is 3.51. The van der Waals surface area contributed by atoms with Gasteiger partial charge >= 0.3 is 0 Å². The Kier molecular flexibility index (Phi) is 3.69. The molecule has 2 N–H and O–H groups in total. The van der Waals surface area contributed by atoms with Gasteiger partial charge in [-0.05, 0) is 19.8 Å². The molecule has 4 heteroatoms. The van der Waals surface area contributed by atoms with Gasteiger partial charge < -0.3 is 10.4 Å². The third-order valence-corrected chi connectivity index (χ3v) is 2.97. The van der Waals surface area contributed by atoms with Crippen LogP contribution in [-0.2, 0) is 0 Å². The molecule has 0 aliphatic heterocycles. The lowest BCUT2D eigenvalue weighted by Gasteiger charge is -2.28. The van der Waals surface area contributed by atoms with Gasteiger partial charge in [-0.3, -0.25) is 0 Å². The molecule has 0 radical (unpaired) electrons. The van der Waals surface area contributed by atoms with Crippen molar-refractivity contribution in [3.63, 3.8) is 0 Å². The average molecular weight is 200 g/mol. The van der Waals surface area contributed by atoms with Crippen molar-refractivity contribution in [1.29, 1.82) is 0 Å². The molecule has 3 nitrogen and oxygen atoms in total. The summed E-state index contributed by atoms with van der Waals surface area (Å²) in [6.45, 7) is 4.42. The molecule has 1 aromatic rings. The number of nitrogens with one attached hydrogen (secondary N) is 1. The molecule has 1 heterocycles. The van der Waals surface area contributed by atoms with Crippen LogP contribution >= 0.6 is 11.3 Å². The summed E-state index contributed by atoms with van der Waals surface area (Å²) in [5.41, 5.74) is -0.0351. The van der Waals surface area contributed by atoms with Crippen LogP contribution in [0.5, 0.6) is 0 Å². The van der Waals surface area contributed by atoms with Gasteiger partial charge in [0, 0.05) is 23.7 Å². The van der Waals surface area contributed by atoms with Crippen molar-refractivity contribution in [2.75, 3.05) is 11.9 Å². The van der Waals surface area contributed by atoms with E-state index in [0.29, 0.717) is 0 Å². The molecule has 0 bridgehead atoms. The summed E-state index contributed by atoms with van der Waals surface area (Å²) in [6, 6.07) is 0. The highest BCUT2D eigenvalue weighted by Gasteiger charge is 2.21. The molecule has 1 unspecified atom stereocenters. The largest absolute Gasteiger partial charge is 0.396 e.